The van der Waals surface area contributed by atoms with Crippen LogP contribution in [0.5, 0.6) is 0 Å². The number of rotatable bonds is 3. The van der Waals surface area contributed by atoms with Gasteiger partial charge >= 0.3 is 0 Å². The number of nitrogens with zero attached hydrogens (tertiary/aromatic N) is 2. The summed E-state index contributed by atoms with van der Waals surface area (Å²) in [6.45, 7) is 0. The Morgan fingerprint density at radius 3 is 2.52 bits per heavy atom. The van der Waals surface area contributed by atoms with E-state index in [4.69, 9.17) is 22.8 Å². The summed E-state index contributed by atoms with van der Waals surface area (Å²) in [4.78, 5) is 7.72. The molecule has 0 atom stereocenters. The molecule has 0 unspecified atom stereocenters. The first-order chi connectivity index (χ1) is 10.1. The molecule has 5 N–H and O–H groups in total. The molecule has 1 heterocycles. The van der Waals surface area contributed by atoms with Crippen molar-refractivity contribution in [2.45, 2.75) is 0 Å². The van der Waals surface area contributed by atoms with Gasteiger partial charge in [0.25, 0.3) is 0 Å². The van der Waals surface area contributed by atoms with Crippen molar-refractivity contribution in [3.05, 3.63) is 40.0 Å². The first-order valence-corrected chi connectivity index (χ1v) is 6.36. The summed E-state index contributed by atoms with van der Waals surface area (Å²) < 4.78 is 0.205. The van der Waals surface area contributed by atoms with E-state index in [1.165, 1.54) is 12.6 Å². The van der Waals surface area contributed by atoms with Gasteiger partial charge in [0.05, 0.1) is 12.7 Å². The van der Waals surface area contributed by atoms with Crippen LogP contribution in [-0.4, -0.2) is 12.1 Å². The number of nitrogens with two attached hydrogens (primary N) is 2. The fraction of sp³-hybridized carbons (Fsp3) is 0.0714. The fourth-order valence-electron chi connectivity index (χ4n) is 2.07. The van der Waals surface area contributed by atoms with Gasteiger partial charge in [-0.15, -0.1) is 0 Å². The van der Waals surface area contributed by atoms with Gasteiger partial charge in [-0.25, -0.2) is 4.84 Å². The minimum atomic E-state index is 0.142. The molecule has 0 aliphatic heterocycles. The van der Waals surface area contributed by atoms with Crippen LogP contribution in [0, 0.1) is 27.3 Å². The van der Waals surface area contributed by atoms with Crippen molar-refractivity contribution >= 4 is 23.7 Å². The molecule has 0 fully saturated rings. The number of hydrogen-bond acceptors (Lipinski definition) is 5. The summed E-state index contributed by atoms with van der Waals surface area (Å²) in [7, 11) is 1.53. The standard InChI is InChI=1S/C14H11N5OS/c1-20-19-11-5-3-2-4-8(11)12-9(6-15)13(17)18-14(21)10(12)7-16/h2-5,19H,1H3,(H3,17,18,21)/p+1. The molecule has 0 bridgehead atoms. The molecule has 0 spiro atoms. The molecule has 0 saturated carbocycles. The highest BCUT2D eigenvalue weighted by atomic mass is 32.1. The molecule has 0 radical (unpaired) electrons. The molecule has 2 aromatic rings. The van der Waals surface area contributed by atoms with Crippen LogP contribution in [-0.2, 0) is 4.84 Å². The van der Waals surface area contributed by atoms with E-state index in [0.29, 0.717) is 11.1 Å². The third-order valence-corrected chi connectivity index (χ3v) is 3.25. The number of nitrogen functional groups attached to an aromatic ring is 1. The Hall–Kier alpha value is -2.71. The predicted octanol–water partition coefficient (Wildman–Crippen LogP) is 1.49. The van der Waals surface area contributed by atoms with Crippen LogP contribution >= 0.6 is 12.2 Å². The van der Waals surface area contributed by atoms with Crippen molar-refractivity contribution in [3.63, 3.8) is 0 Å². The molecule has 0 aliphatic rings. The number of benzene rings is 1. The van der Waals surface area contributed by atoms with Crippen molar-refractivity contribution in [1.82, 2.24) is 4.98 Å². The van der Waals surface area contributed by atoms with E-state index >= 15 is 0 Å². The van der Waals surface area contributed by atoms with Gasteiger partial charge in [0.1, 0.15) is 28.2 Å². The number of aromatic nitrogens is 1. The average molecular weight is 298 g/mol. The van der Waals surface area contributed by atoms with Gasteiger partial charge < -0.3 is 10.7 Å². The third-order valence-electron chi connectivity index (χ3n) is 2.94. The summed E-state index contributed by atoms with van der Waals surface area (Å²) in [5, 5.41) is 18.7. The summed E-state index contributed by atoms with van der Waals surface area (Å²) in [5.41, 5.74) is 9.58. The van der Waals surface area contributed by atoms with E-state index < -0.39 is 0 Å². The zero-order valence-corrected chi connectivity index (χ0v) is 12.0. The van der Waals surface area contributed by atoms with E-state index in [0.717, 1.165) is 5.69 Å². The van der Waals surface area contributed by atoms with Gasteiger partial charge in [0.2, 0.25) is 0 Å². The molecule has 1 aromatic heterocycles. The molecule has 6 nitrogen and oxygen atoms in total. The molecule has 0 aliphatic carbocycles. The van der Waals surface area contributed by atoms with Crippen LogP contribution in [0.1, 0.15) is 11.1 Å². The zero-order valence-electron chi connectivity index (χ0n) is 11.2. The highest BCUT2D eigenvalue weighted by molar-refractivity contribution is 7.71. The van der Waals surface area contributed by atoms with Crippen LogP contribution in [0.15, 0.2) is 24.3 Å². The van der Waals surface area contributed by atoms with E-state index in [2.05, 4.69) is 4.98 Å². The molecular formula is C14H12N5OS+. The largest absolute Gasteiger partial charge is 0.384 e. The second-order valence-electron chi connectivity index (χ2n) is 4.16. The molecule has 2 rings (SSSR count). The first-order valence-electron chi connectivity index (χ1n) is 5.95. The molecular weight excluding hydrogens is 286 g/mol. The minimum absolute atomic E-state index is 0.142. The fourth-order valence-corrected chi connectivity index (χ4v) is 2.32. The summed E-state index contributed by atoms with van der Waals surface area (Å²) in [6.07, 6.45) is 0. The molecule has 0 amide bonds. The maximum atomic E-state index is 9.36. The highest BCUT2D eigenvalue weighted by Gasteiger charge is 2.20. The van der Waals surface area contributed by atoms with Gasteiger partial charge in [-0.2, -0.15) is 16.0 Å². The number of pyridine rings is 1. The first kappa shape index (κ1) is 14.7. The van der Waals surface area contributed by atoms with Crippen molar-refractivity contribution < 1.29 is 10.3 Å². The Kier molecular flexibility index (Phi) is 4.31. The van der Waals surface area contributed by atoms with Gasteiger partial charge in [0, 0.05) is 17.2 Å². The Morgan fingerprint density at radius 2 is 1.90 bits per heavy atom. The summed E-state index contributed by atoms with van der Waals surface area (Å²) in [5.74, 6) is 0.142. The summed E-state index contributed by atoms with van der Waals surface area (Å²) >= 11 is 5.13. The number of nitriles is 2. The van der Waals surface area contributed by atoms with Crippen LogP contribution < -0.4 is 11.2 Å². The van der Waals surface area contributed by atoms with E-state index in [1.807, 2.05) is 24.3 Å². The van der Waals surface area contributed by atoms with E-state index in [9.17, 15) is 10.5 Å². The average Bonchev–Trinajstić information content (AvgIpc) is 2.47. The Balaban J connectivity index is 2.90. The molecule has 1 aromatic carbocycles. The van der Waals surface area contributed by atoms with Crippen molar-refractivity contribution in [2.24, 2.45) is 0 Å². The van der Waals surface area contributed by atoms with Crippen LogP contribution in [0.2, 0.25) is 0 Å². The van der Waals surface area contributed by atoms with Gasteiger partial charge in [0.15, 0.2) is 5.69 Å². The van der Waals surface area contributed by atoms with Crippen LogP contribution in [0.25, 0.3) is 11.1 Å². The molecule has 104 valence electrons. The monoisotopic (exact) mass is 298 g/mol. The van der Waals surface area contributed by atoms with Crippen LogP contribution in [0.4, 0.5) is 11.5 Å². The Morgan fingerprint density at radius 1 is 1.24 bits per heavy atom. The number of aromatic amines is 1. The van der Waals surface area contributed by atoms with E-state index in [-0.39, 0.29) is 21.6 Å². The minimum Gasteiger partial charge on any atom is -0.384 e. The predicted molar refractivity (Wildman–Crippen MR) is 79.5 cm³/mol. The third kappa shape index (κ3) is 2.62. The lowest BCUT2D eigenvalue weighted by Gasteiger charge is -2.11. The smallest absolute Gasteiger partial charge is 0.169 e. The number of H-pyrrole nitrogens is 1. The second kappa shape index (κ2) is 6.16. The molecule has 21 heavy (non-hydrogen) atoms. The van der Waals surface area contributed by atoms with Crippen molar-refractivity contribution in [2.75, 3.05) is 12.8 Å². The number of anilines is 1. The topological polar surface area (TPSA) is 115 Å². The van der Waals surface area contributed by atoms with Crippen LogP contribution in [0.3, 0.4) is 0 Å². The lowest BCUT2D eigenvalue weighted by molar-refractivity contribution is -0.829. The highest BCUT2D eigenvalue weighted by Crippen LogP contribution is 2.33. The Labute approximate surface area is 126 Å². The van der Waals surface area contributed by atoms with Gasteiger partial charge in [-0.1, -0.05) is 24.4 Å². The maximum Gasteiger partial charge on any atom is 0.169 e. The van der Waals surface area contributed by atoms with Crippen molar-refractivity contribution in [3.8, 4) is 23.3 Å². The SMILES string of the molecule is CO[NH2+]c1ccccc1-c1c(C#N)c(N)[nH]c(=S)c1C#N. The molecule has 0 saturated heterocycles. The summed E-state index contributed by atoms with van der Waals surface area (Å²) in [6, 6.07) is 11.3. The van der Waals surface area contributed by atoms with Crippen molar-refractivity contribution in [1.29, 1.82) is 10.5 Å². The Bertz CT molecular complexity index is 829. The number of hydrogen-bond donors (Lipinski definition) is 3. The normalized spacial score (nSPS) is 9.86. The maximum absolute atomic E-state index is 9.36. The lowest BCUT2D eigenvalue weighted by atomic mass is 9.95. The second-order valence-corrected chi connectivity index (χ2v) is 4.57. The number of nitrogens with one attached hydrogen (secondary N) is 1. The zero-order chi connectivity index (χ0) is 15.4. The van der Waals surface area contributed by atoms with Gasteiger partial charge in [-0.3, -0.25) is 0 Å². The lowest BCUT2D eigenvalue weighted by Crippen LogP contribution is -2.76. The number of quaternary nitrogens is 1. The van der Waals surface area contributed by atoms with Gasteiger partial charge in [-0.05, 0) is 6.07 Å². The molecule has 7 heteroatoms. The van der Waals surface area contributed by atoms with E-state index in [1.54, 1.807) is 12.1 Å². The quantitative estimate of drug-likeness (QED) is 0.451.